The number of nitrogens with one attached hydrogen (secondary N) is 2. The van der Waals surface area contributed by atoms with Crippen LogP contribution >= 0.6 is 11.3 Å². The number of hydrogen-bond donors (Lipinski definition) is 2. The summed E-state index contributed by atoms with van der Waals surface area (Å²) in [6.07, 6.45) is -0.00164. The first-order chi connectivity index (χ1) is 12.7. The van der Waals surface area contributed by atoms with Crippen molar-refractivity contribution in [2.24, 2.45) is 0 Å². The van der Waals surface area contributed by atoms with Crippen molar-refractivity contribution in [1.29, 1.82) is 0 Å². The predicted molar refractivity (Wildman–Crippen MR) is 100 cm³/mol. The van der Waals surface area contributed by atoms with Crippen molar-refractivity contribution in [3.63, 3.8) is 0 Å². The largest absolute Gasteiger partial charge is 0.497 e. The molecular weight excluding hydrogens is 354 g/mol. The first kappa shape index (κ1) is 18.1. The van der Waals surface area contributed by atoms with Crippen molar-refractivity contribution < 1.29 is 19.1 Å². The number of anilines is 1. The number of carbonyl (C=O) groups excluding carboxylic acids is 2. The second kappa shape index (κ2) is 8.57. The van der Waals surface area contributed by atoms with E-state index in [1.165, 1.54) is 11.3 Å². The molecule has 2 N–H and O–H groups in total. The Labute approximate surface area is 155 Å². The molecule has 7 nitrogen and oxygen atoms in total. The van der Waals surface area contributed by atoms with E-state index >= 15 is 0 Å². The molecule has 0 radical (unpaired) electrons. The van der Waals surface area contributed by atoms with Crippen LogP contribution in [0.2, 0.25) is 0 Å². The number of cyclic esters (lactones) is 1. The van der Waals surface area contributed by atoms with E-state index in [4.69, 9.17) is 9.47 Å². The first-order valence-corrected chi connectivity index (χ1v) is 9.20. The van der Waals surface area contributed by atoms with Crippen molar-refractivity contribution in [3.05, 3.63) is 47.3 Å². The summed E-state index contributed by atoms with van der Waals surface area (Å²) in [5.41, 5.74) is 1.11. The van der Waals surface area contributed by atoms with Gasteiger partial charge in [-0.15, -0.1) is 11.3 Å². The fraction of sp³-hybridized carbons (Fsp3) is 0.333. The molecular formula is C18H21N3O4S. The van der Waals surface area contributed by atoms with Crippen molar-refractivity contribution in [3.8, 4) is 5.75 Å². The summed E-state index contributed by atoms with van der Waals surface area (Å²) < 4.78 is 10.4. The highest BCUT2D eigenvalue weighted by Crippen LogP contribution is 2.26. The van der Waals surface area contributed by atoms with E-state index in [2.05, 4.69) is 10.6 Å². The van der Waals surface area contributed by atoms with Crippen LogP contribution in [0.5, 0.6) is 5.75 Å². The number of rotatable bonds is 7. The standard InChI is InChI=1S/C18H21N3O4S/c1-24-14-6-4-13(5-7-14)8-9-19-17(22)20-11-15-12-21(18(23)25-15)16-3-2-10-26-16/h2-7,10,15H,8-9,11-12H2,1H3,(H2,19,20,22). The average molecular weight is 375 g/mol. The van der Waals surface area contributed by atoms with E-state index in [0.29, 0.717) is 13.1 Å². The van der Waals surface area contributed by atoms with Crippen LogP contribution in [0.1, 0.15) is 5.56 Å². The highest BCUT2D eigenvalue weighted by atomic mass is 32.1. The molecule has 1 aliphatic rings. The molecule has 1 atom stereocenters. The molecule has 0 aliphatic carbocycles. The lowest BCUT2D eigenvalue weighted by atomic mass is 10.1. The number of thiophene rings is 1. The van der Waals surface area contributed by atoms with Crippen LogP contribution in [0.15, 0.2) is 41.8 Å². The van der Waals surface area contributed by atoms with E-state index < -0.39 is 0 Å². The predicted octanol–water partition coefficient (Wildman–Crippen LogP) is 2.62. The summed E-state index contributed by atoms with van der Waals surface area (Å²) in [5.74, 6) is 0.808. The van der Waals surface area contributed by atoms with E-state index in [9.17, 15) is 9.59 Å². The molecule has 0 spiro atoms. The van der Waals surface area contributed by atoms with Gasteiger partial charge in [-0.1, -0.05) is 12.1 Å². The van der Waals surface area contributed by atoms with Gasteiger partial charge in [0.2, 0.25) is 0 Å². The molecule has 2 heterocycles. The molecule has 1 aromatic heterocycles. The molecule has 3 amide bonds. The molecule has 138 valence electrons. The topological polar surface area (TPSA) is 79.9 Å². The van der Waals surface area contributed by atoms with Crippen LogP contribution in [0.4, 0.5) is 14.6 Å². The molecule has 1 aromatic carbocycles. The maximum atomic E-state index is 11.9. The lowest BCUT2D eigenvalue weighted by molar-refractivity contribution is 0.140. The SMILES string of the molecule is COc1ccc(CCNC(=O)NCC2CN(c3cccs3)C(=O)O2)cc1. The second-order valence-electron chi connectivity index (χ2n) is 5.80. The Bertz CT molecular complexity index is 733. The van der Waals surface area contributed by atoms with Gasteiger partial charge in [0.15, 0.2) is 0 Å². The summed E-state index contributed by atoms with van der Waals surface area (Å²) in [4.78, 5) is 25.3. The molecule has 3 rings (SSSR count). The number of amides is 3. The van der Waals surface area contributed by atoms with Crippen LogP contribution in [-0.2, 0) is 11.2 Å². The summed E-state index contributed by atoms with van der Waals surface area (Å²) in [6.45, 7) is 1.23. The number of methoxy groups -OCH3 is 1. The van der Waals surface area contributed by atoms with Crippen LogP contribution < -0.4 is 20.3 Å². The molecule has 26 heavy (non-hydrogen) atoms. The minimum Gasteiger partial charge on any atom is -0.497 e. The van der Waals surface area contributed by atoms with Gasteiger partial charge in [0, 0.05) is 6.54 Å². The minimum absolute atomic E-state index is 0.274. The van der Waals surface area contributed by atoms with Crippen LogP contribution in [0, 0.1) is 0 Å². The normalized spacial score (nSPS) is 16.3. The molecule has 8 heteroatoms. The van der Waals surface area contributed by atoms with Crippen LogP contribution in [-0.4, -0.2) is 45.0 Å². The van der Waals surface area contributed by atoms with Crippen molar-refractivity contribution in [1.82, 2.24) is 10.6 Å². The maximum absolute atomic E-state index is 11.9. The lowest BCUT2D eigenvalue weighted by Gasteiger charge is -2.11. The molecule has 1 saturated heterocycles. The van der Waals surface area contributed by atoms with Gasteiger partial charge in [0.25, 0.3) is 0 Å². The second-order valence-corrected chi connectivity index (χ2v) is 6.73. The molecule has 2 aromatic rings. The van der Waals surface area contributed by atoms with Gasteiger partial charge >= 0.3 is 12.1 Å². The Hall–Kier alpha value is -2.74. The van der Waals surface area contributed by atoms with E-state index in [0.717, 1.165) is 22.7 Å². The Morgan fingerprint density at radius 2 is 2.12 bits per heavy atom. The van der Waals surface area contributed by atoms with Crippen molar-refractivity contribution >= 4 is 28.5 Å². The summed E-state index contributed by atoms with van der Waals surface area (Å²) in [5, 5.41) is 8.30. The fourth-order valence-electron chi connectivity index (χ4n) is 2.61. The number of urea groups is 1. The number of hydrogen-bond acceptors (Lipinski definition) is 5. The van der Waals surface area contributed by atoms with Gasteiger partial charge < -0.3 is 20.1 Å². The van der Waals surface area contributed by atoms with E-state index in [-0.39, 0.29) is 24.8 Å². The summed E-state index contributed by atoms with van der Waals surface area (Å²) in [7, 11) is 1.63. The average Bonchev–Trinajstić information content (AvgIpc) is 3.30. The number of benzene rings is 1. The molecule has 0 saturated carbocycles. The minimum atomic E-state index is -0.376. The molecule has 1 fully saturated rings. The number of carbonyl (C=O) groups is 2. The number of ether oxygens (including phenoxy) is 2. The van der Waals surface area contributed by atoms with Gasteiger partial charge in [-0.3, -0.25) is 4.90 Å². The Balaban J connectivity index is 1.36. The van der Waals surface area contributed by atoms with Crippen LogP contribution in [0.25, 0.3) is 0 Å². The van der Waals surface area contributed by atoms with E-state index in [1.807, 2.05) is 41.8 Å². The number of nitrogens with zero attached hydrogens (tertiary/aromatic N) is 1. The highest BCUT2D eigenvalue weighted by Gasteiger charge is 2.32. The van der Waals surface area contributed by atoms with Gasteiger partial charge in [-0.2, -0.15) is 0 Å². The Morgan fingerprint density at radius 1 is 1.31 bits per heavy atom. The maximum Gasteiger partial charge on any atom is 0.415 e. The van der Waals surface area contributed by atoms with E-state index in [1.54, 1.807) is 12.0 Å². The Kier molecular flexibility index (Phi) is 5.96. The van der Waals surface area contributed by atoms with Gasteiger partial charge in [0.05, 0.1) is 20.2 Å². The zero-order valence-electron chi connectivity index (χ0n) is 14.4. The monoisotopic (exact) mass is 375 g/mol. The summed E-state index contributed by atoms with van der Waals surface area (Å²) in [6, 6.07) is 11.2. The zero-order chi connectivity index (χ0) is 18.4. The third kappa shape index (κ3) is 4.66. The Morgan fingerprint density at radius 3 is 2.81 bits per heavy atom. The third-order valence-electron chi connectivity index (χ3n) is 3.99. The molecule has 1 unspecified atom stereocenters. The summed E-state index contributed by atoms with van der Waals surface area (Å²) >= 11 is 1.48. The van der Waals surface area contributed by atoms with Gasteiger partial charge in [-0.05, 0) is 41.6 Å². The van der Waals surface area contributed by atoms with Gasteiger partial charge in [-0.25, -0.2) is 9.59 Å². The van der Waals surface area contributed by atoms with Crippen molar-refractivity contribution in [2.45, 2.75) is 12.5 Å². The first-order valence-electron chi connectivity index (χ1n) is 8.32. The smallest absolute Gasteiger partial charge is 0.415 e. The quantitative estimate of drug-likeness (QED) is 0.780. The van der Waals surface area contributed by atoms with Gasteiger partial charge in [0.1, 0.15) is 16.9 Å². The van der Waals surface area contributed by atoms with Crippen LogP contribution in [0.3, 0.4) is 0 Å². The lowest BCUT2D eigenvalue weighted by Crippen LogP contribution is -2.41. The fourth-order valence-corrected chi connectivity index (χ4v) is 3.34. The van der Waals surface area contributed by atoms with Crippen molar-refractivity contribution in [2.75, 3.05) is 31.6 Å². The third-order valence-corrected chi connectivity index (χ3v) is 4.89. The molecule has 0 bridgehead atoms. The zero-order valence-corrected chi connectivity index (χ0v) is 15.3. The highest BCUT2D eigenvalue weighted by molar-refractivity contribution is 7.14. The molecule has 1 aliphatic heterocycles.